The minimum Gasteiger partial charge on any atom is -0.454 e. The molecular weight excluding hydrogens is 1040 g/mol. The number of nitrogens with two attached hydrogens (primary N) is 5. The molecular formula is C54H89N13O11S. The minimum atomic E-state index is -1.16. The first-order valence-electron chi connectivity index (χ1n) is 27.4. The maximum Gasteiger partial charge on any atom is 0.243 e. The van der Waals surface area contributed by atoms with E-state index in [1.807, 2.05) is 24.5 Å². The zero-order valence-electron chi connectivity index (χ0n) is 46.6. The summed E-state index contributed by atoms with van der Waals surface area (Å²) >= 11 is 1.48. The number of unbranched alkanes of at least 4 members (excludes halogenated alkanes) is 4. The summed E-state index contributed by atoms with van der Waals surface area (Å²) in [5.41, 5.74) is 30.1. The summed E-state index contributed by atoms with van der Waals surface area (Å²) in [6.45, 7) is 2.22. The summed E-state index contributed by atoms with van der Waals surface area (Å²) in [7, 11) is 1.55. The summed E-state index contributed by atoms with van der Waals surface area (Å²) in [6, 6.07) is 10.3. The number of carbonyl (C=O) groups excluding carboxylic acids is 8. The van der Waals surface area contributed by atoms with Gasteiger partial charge in [-0.15, -0.1) is 0 Å². The van der Waals surface area contributed by atoms with E-state index in [9.17, 15) is 33.6 Å². The third-order valence-corrected chi connectivity index (χ3v) is 13.8. The van der Waals surface area contributed by atoms with Crippen molar-refractivity contribution in [2.24, 2.45) is 28.7 Å². The van der Waals surface area contributed by atoms with Crippen LogP contribution in [0.3, 0.4) is 0 Å². The second kappa shape index (κ2) is 38.5. The molecule has 8 amide bonds. The van der Waals surface area contributed by atoms with Gasteiger partial charge in [-0.2, -0.15) is 11.8 Å². The van der Waals surface area contributed by atoms with Gasteiger partial charge in [0, 0.05) is 33.3 Å². The molecule has 0 aliphatic carbocycles. The molecule has 0 aromatic heterocycles. The van der Waals surface area contributed by atoms with Crippen LogP contribution in [0, 0.1) is 0 Å². The molecule has 24 nitrogen and oxygen atoms in total. The van der Waals surface area contributed by atoms with Crippen molar-refractivity contribution in [2.75, 3.05) is 111 Å². The van der Waals surface area contributed by atoms with Crippen LogP contribution in [0.25, 0.3) is 0 Å². The largest absolute Gasteiger partial charge is 0.454 e. The number of thioether (sulfide) groups is 1. The third-order valence-electron chi connectivity index (χ3n) is 13.2. The normalized spacial score (nSPS) is 13.1. The van der Waals surface area contributed by atoms with Gasteiger partial charge < -0.3 is 83.7 Å². The summed E-state index contributed by atoms with van der Waals surface area (Å²) in [4.78, 5) is 118. The first-order valence-corrected chi connectivity index (χ1v) is 28.7. The number of rotatable bonds is 42. The Kier molecular flexibility index (Phi) is 32.7. The van der Waals surface area contributed by atoms with Crippen molar-refractivity contribution in [1.29, 1.82) is 0 Å². The molecule has 0 fully saturated rings. The fourth-order valence-corrected chi connectivity index (χ4v) is 9.04. The average Bonchev–Trinajstić information content (AvgIpc) is 3.95. The van der Waals surface area contributed by atoms with E-state index in [0.29, 0.717) is 119 Å². The molecule has 1 aliphatic rings. The Morgan fingerprint density at radius 3 is 1.78 bits per heavy atom. The Morgan fingerprint density at radius 2 is 1.19 bits per heavy atom. The Labute approximate surface area is 470 Å². The van der Waals surface area contributed by atoms with E-state index in [0.717, 1.165) is 0 Å². The lowest BCUT2D eigenvalue weighted by molar-refractivity contribution is -0.148. The number of primary amides is 1. The second-order valence-electron chi connectivity index (χ2n) is 19.3. The van der Waals surface area contributed by atoms with E-state index in [-0.39, 0.29) is 64.7 Å². The molecule has 2 aromatic rings. The van der Waals surface area contributed by atoms with Gasteiger partial charge in [0.15, 0.2) is 11.5 Å². The number of amides is 8. The Morgan fingerprint density at radius 1 is 0.633 bits per heavy atom. The molecule has 0 spiro atoms. The minimum absolute atomic E-state index is 0.0184. The van der Waals surface area contributed by atoms with Crippen LogP contribution in [0.5, 0.6) is 11.5 Å². The van der Waals surface area contributed by atoms with E-state index in [1.165, 1.54) is 31.4 Å². The predicted molar refractivity (Wildman–Crippen MR) is 303 cm³/mol. The van der Waals surface area contributed by atoms with Crippen molar-refractivity contribution in [3.05, 3.63) is 59.7 Å². The maximum absolute atomic E-state index is 15.0. The van der Waals surface area contributed by atoms with Crippen LogP contribution in [-0.4, -0.2) is 196 Å². The van der Waals surface area contributed by atoms with Crippen LogP contribution in [0.4, 0.5) is 0 Å². The summed E-state index contributed by atoms with van der Waals surface area (Å²) in [5.74, 6) is -3.18. The zero-order valence-corrected chi connectivity index (χ0v) is 47.4. The first kappa shape index (κ1) is 67.2. The molecule has 0 saturated heterocycles. The predicted octanol–water partition coefficient (Wildman–Crippen LogP) is -0.345. The fourth-order valence-electron chi connectivity index (χ4n) is 8.57. The topological polar surface area (TPSA) is 355 Å². The quantitative estimate of drug-likeness (QED) is 0.0384. The number of fused-ring (bicyclic) bond motifs is 1. The van der Waals surface area contributed by atoms with Gasteiger partial charge in [0.25, 0.3) is 0 Å². The number of nitrogens with zero attached hydrogens (tertiary/aromatic N) is 4. The van der Waals surface area contributed by atoms with Gasteiger partial charge in [-0.3, -0.25) is 38.4 Å². The van der Waals surface area contributed by atoms with Crippen molar-refractivity contribution in [3.8, 4) is 11.5 Å². The first-order chi connectivity index (χ1) is 38.1. The molecule has 0 radical (unpaired) electrons. The highest BCUT2D eigenvalue weighted by atomic mass is 32.2. The lowest BCUT2D eigenvalue weighted by Gasteiger charge is -2.34. The average molecular weight is 1130 g/mol. The third kappa shape index (κ3) is 24.9. The van der Waals surface area contributed by atoms with Crippen LogP contribution in [0.1, 0.15) is 94.7 Å². The SMILES string of the molecule is COCCNCC(=O)N(CCCCN)CC(=O)N(CC(=O)N(CC(=O)N(CCCCN)CC(=O)NC(CCCCN)C(=O)N[C@H](CCCCN)C(=O)NC(CCSC)C(N)=O)C(C)c1ccccc1)Cc1ccc2c(c1)OCO2. The van der Waals surface area contributed by atoms with Gasteiger partial charge in [0.1, 0.15) is 31.2 Å². The molecule has 1 aliphatic heterocycles. The van der Waals surface area contributed by atoms with Gasteiger partial charge in [0.05, 0.1) is 32.3 Å². The summed E-state index contributed by atoms with van der Waals surface area (Å²) < 4.78 is 16.2. The van der Waals surface area contributed by atoms with Gasteiger partial charge in [-0.1, -0.05) is 36.4 Å². The van der Waals surface area contributed by atoms with Crippen LogP contribution in [-0.2, 0) is 49.6 Å². The van der Waals surface area contributed by atoms with Crippen LogP contribution in [0.15, 0.2) is 48.5 Å². The van der Waals surface area contributed by atoms with Crippen LogP contribution in [0.2, 0.25) is 0 Å². The number of hydrogen-bond donors (Lipinski definition) is 9. The highest BCUT2D eigenvalue weighted by Gasteiger charge is 2.33. The summed E-state index contributed by atoms with van der Waals surface area (Å²) in [5, 5.41) is 11.3. The highest BCUT2D eigenvalue weighted by molar-refractivity contribution is 7.98. The Balaban J connectivity index is 1.98. The van der Waals surface area contributed by atoms with E-state index >= 15 is 4.79 Å². The van der Waals surface area contributed by atoms with Crippen LogP contribution < -0.4 is 59.4 Å². The molecule has 1 heterocycles. The Bertz CT molecular complexity index is 2200. The second-order valence-corrected chi connectivity index (χ2v) is 20.3. The fraction of sp³-hybridized carbons (Fsp3) is 0.630. The van der Waals surface area contributed by atoms with E-state index in [2.05, 4.69) is 21.3 Å². The molecule has 2 aromatic carbocycles. The van der Waals surface area contributed by atoms with Crippen LogP contribution >= 0.6 is 11.8 Å². The van der Waals surface area contributed by atoms with E-state index in [1.54, 1.807) is 44.4 Å². The maximum atomic E-state index is 15.0. The number of methoxy groups -OCH3 is 1. The molecule has 3 unspecified atom stereocenters. The van der Waals surface area contributed by atoms with Gasteiger partial charge in [-0.05, 0) is 139 Å². The molecule has 14 N–H and O–H groups in total. The number of nitrogens with one attached hydrogen (secondary N) is 4. The van der Waals surface area contributed by atoms with E-state index in [4.69, 9.17) is 42.9 Å². The number of hydrogen-bond acceptors (Lipinski definition) is 17. The molecule has 79 heavy (non-hydrogen) atoms. The van der Waals surface area contributed by atoms with E-state index < -0.39 is 85.2 Å². The molecule has 0 bridgehead atoms. The van der Waals surface area contributed by atoms with Gasteiger partial charge in [0.2, 0.25) is 54.1 Å². The van der Waals surface area contributed by atoms with Crippen molar-refractivity contribution < 1.29 is 52.6 Å². The van der Waals surface area contributed by atoms with Crippen molar-refractivity contribution in [1.82, 2.24) is 40.9 Å². The molecule has 3 rings (SSSR count). The number of carbonyl (C=O) groups is 8. The molecule has 25 heteroatoms. The molecule has 4 atom stereocenters. The monoisotopic (exact) mass is 1130 g/mol. The van der Waals surface area contributed by atoms with Crippen molar-refractivity contribution in [3.63, 3.8) is 0 Å². The lowest BCUT2D eigenvalue weighted by atomic mass is 10.0. The van der Waals surface area contributed by atoms with Crippen molar-refractivity contribution in [2.45, 2.75) is 108 Å². The smallest absolute Gasteiger partial charge is 0.243 e. The van der Waals surface area contributed by atoms with Gasteiger partial charge in [-0.25, -0.2) is 0 Å². The zero-order chi connectivity index (χ0) is 58.0. The van der Waals surface area contributed by atoms with Gasteiger partial charge >= 0.3 is 0 Å². The molecule has 0 saturated carbocycles. The van der Waals surface area contributed by atoms with Crippen molar-refractivity contribution >= 4 is 59.0 Å². The lowest BCUT2D eigenvalue weighted by Crippen LogP contribution is -2.57. The highest BCUT2D eigenvalue weighted by Crippen LogP contribution is 2.33. The standard InChI is InChI=1S/C54H89N13O11S/c1-39(41-15-5-4-6-16-41)67(51(72)36-66(33-40-19-20-45-46(31-40)78-38-77-45)49(70)35-65(28-14-12-25-58)48(69)32-60-26-29-76-2)37-50(71)64(27-13-11-24-57)34-47(68)61-43(17-7-9-22-55)53(74)63-44(18-8-10-23-56)54(75)62-42(52(59)73)21-30-79-3/h4-6,15-16,19-20,31,39,42-44,60H,7-14,17-18,21-30,32-38,55-58H2,1-3H3,(H2,59,73)(H,61,68)(H,62,75)(H,63,74)/t39?,42?,43?,44-/m1/s1. The molecule has 442 valence electrons. The number of benzene rings is 2. The summed E-state index contributed by atoms with van der Waals surface area (Å²) in [6.07, 6.45) is 6.55. The number of ether oxygens (including phenoxy) is 3. The Hall–Kier alpha value is -6.09.